The molecule has 0 aliphatic heterocycles. The Balaban J connectivity index is 1.80. The molecular weight excluding hydrogens is 440 g/mol. The molecule has 0 N–H and O–H groups in total. The van der Waals surface area contributed by atoms with Gasteiger partial charge in [0.05, 0.1) is 12.2 Å². The van der Waals surface area contributed by atoms with E-state index in [0.717, 1.165) is 18.9 Å². The van der Waals surface area contributed by atoms with Gasteiger partial charge in [0.1, 0.15) is 0 Å². The lowest BCUT2D eigenvalue weighted by Gasteiger charge is -2.15. The van der Waals surface area contributed by atoms with Crippen LogP contribution in [-0.4, -0.2) is 18.5 Å². The van der Waals surface area contributed by atoms with Crippen LogP contribution in [0.5, 0.6) is 17.2 Å². The summed E-state index contributed by atoms with van der Waals surface area (Å²) in [6.07, 6.45) is 16.1. The van der Waals surface area contributed by atoms with Gasteiger partial charge in [-0.05, 0) is 30.7 Å². The number of unbranched alkanes of at least 4 members (excludes halogenated alkanes) is 11. The second-order valence-electron chi connectivity index (χ2n) is 8.70. The van der Waals surface area contributed by atoms with E-state index >= 15 is 0 Å². The van der Waals surface area contributed by atoms with Crippen molar-refractivity contribution in [2.75, 3.05) is 6.61 Å². The number of carbonyl (C=O) groups excluding carboxylic acids is 2. The smallest absolute Gasteiger partial charge is 0.343 e. The van der Waals surface area contributed by atoms with Gasteiger partial charge in [0.15, 0.2) is 11.5 Å². The molecule has 0 aliphatic carbocycles. The van der Waals surface area contributed by atoms with Gasteiger partial charge in [-0.3, -0.25) is 0 Å². The van der Waals surface area contributed by atoms with Gasteiger partial charge in [0, 0.05) is 6.08 Å². The van der Waals surface area contributed by atoms with Crippen molar-refractivity contribution < 1.29 is 23.8 Å². The van der Waals surface area contributed by atoms with Gasteiger partial charge in [-0.2, -0.15) is 0 Å². The summed E-state index contributed by atoms with van der Waals surface area (Å²) in [4.78, 5) is 24.3. The first-order chi connectivity index (χ1) is 17.2. The van der Waals surface area contributed by atoms with Crippen molar-refractivity contribution in [3.05, 3.63) is 66.7 Å². The van der Waals surface area contributed by atoms with E-state index in [9.17, 15) is 9.59 Å². The number of para-hydroxylation sites is 1. The molecule has 5 heteroatoms. The zero-order valence-corrected chi connectivity index (χ0v) is 21.1. The van der Waals surface area contributed by atoms with E-state index in [1.165, 1.54) is 64.2 Å². The minimum Gasteiger partial charge on any atom is -0.486 e. The largest absolute Gasteiger partial charge is 0.486 e. The summed E-state index contributed by atoms with van der Waals surface area (Å²) in [5, 5.41) is 0. The van der Waals surface area contributed by atoms with Crippen LogP contribution < -0.4 is 14.2 Å². The van der Waals surface area contributed by atoms with Crippen molar-refractivity contribution in [1.29, 1.82) is 0 Å². The molecule has 35 heavy (non-hydrogen) atoms. The van der Waals surface area contributed by atoms with Crippen molar-refractivity contribution >= 4 is 11.9 Å². The standard InChI is InChI=1S/C30H40O5/c1-3-5-6-7-8-9-10-11-12-13-14-18-24-33-29-26(34-28(31)4-2)22-19-23-27(29)35-30(32)25-20-16-15-17-21-25/h4,15-17,19-23H,2-3,5-14,18,24H2,1H3. The summed E-state index contributed by atoms with van der Waals surface area (Å²) in [5.41, 5.74) is 0.424. The topological polar surface area (TPSA) is 61.8 Å². The SMILES string of the molecule is C=CC(=O)Oc1cccc(OC(=O)c2ccccc2)c1OCCCCCCCCCCCCCC. The number of esters is 2. The normalized spacial score (nSPS) is 10.5. The second-order valence-corrected chi connectivity index (χ2v) is 8.70. The molecule has 0 saturated heterocycles. The Morgan fingerprint density at radius 1 is 0.714 bits per heavy atom. The lowest BCUT2D eigenvalue weighted by molar-refractivity contribution is -0.129. The van der Waals surface area contributed by atoms with Gasteiger partial charge in [-0.15, -0.1) is 0 Å². The van der Waals surface area contributed by atoms with Crippen LogP contribution in [0.3, 0.4) is 0 Å². The number of rotatable bonds is 18. The van der Waals surface area contributed by atoms with Crippen LogP contribution in [0.1, 0.15) is 94.3 Å². The molecular formula is C30H40O5. The Morgan fingerprint density at radius 2 is 1.26 bits per heavy atom. The predicted molar refractivity (Wildman–Crippen MR) is 140 cm³/mol. The highest BCUT2D eigenvalue weighted by molar-refractivity contribution is 5.91. The fourth-order valence-corrected chi connectivity index (χ4v) is 3.80. The lowest BCUT2D eigenvalue weighted by Crippen LogP contribution is -2.11. The maximum atomic E-state index is 12.5. The number of hydrogen-bond acceptors (Lipinski definition) is 5. The highest BCUT2D eigenvalue weighted by Crippen LogP contribution is 2.38. The Morgan fingerprint density at radius 3 is 1.83 bits per heavy atom. The molecule has 5 nitrogen and oxygen atoms in total. The summed E-state index contributed by atoms with van der Waals surface area (Å²) < 4.78 is 16.8. The zero-order valence-electron chi connectivity index (χ0n) is 21.1. The molecule has 0 radical (unpaired) electrons. The van der Waals surface area contributed by atoms with Crippen molar-refractivity contribution in [1.82, 2.24) is 0 Å². The Kier molecular flexibility index (Phi) is 14.0. The van der Waals surface area contributed by atoms with Crippen LogP contribution >= 0.6 is 0 Å². The van der Waals surface area contributed by atoms with E-state index in [2.05, 4.69) is 13.5 Å². The monoisotopic (exact) mass is 480 g/mol. The number of carbonyl (C=O) groups is 2. The van der Waals surface area contributed by atoms with E-state index in [1.54, 1.807) is 42.5 Å². The summed E-state index contributed by atoms with van der Waals surface area (Å²) in [7, 11) is 0. The first-order valence-corrected chi connectivity index (χ1v) is 13.0. The van der Waals surface area contributed by atoms with Gasteiger partial charge in [-0.1, -0.05) is 108 Å². The fourth-order valence-electron chi connectivity index (χ4n) is 3.80. The maximum absolute atomic E-state index is 12.5. The summed E-state index contributed by atoms with van der Waals surface area (Å²) in [6, 6.07) is 13.6. The van der Waals surface area contributed by atoms with Crippen LogP contribution in [-0.2, 0) is 4.79 Å². The second kappa shape index (κ2) is 17.4. The summed E-state index contributed by atoms with van der Waals surface area (Å²) >= 11 is 0. The molecule has 2 rings (SSSR count). The van der Waals surface area contributed by atoms with Crippen LogP contribution in [0, 0.1) is 0 Å². The van der Waals surface area contributed by atoms with Gasteiger partial charge in [-0.25, -0.2) is 9.59 Å². The molecule has 190 valence electrons. The average Bonchev–Trinajstić information content (AvgIpc) is 2.88. The molecule has 2 aromatic carbocycles. The van der Waals surface area contributed by atoms with Crippen LogP contribution in [0.2, 0.25) is 0 Å². The average molecular weight is 481 g/mol. The molecule has 0 bridgehead atoms. The molecule has 0 unspecified atom stereocenters. The van der Waals surface area contributed by atoms with Gasteiger partial charge < -0.3 is 14.2 Å². The van der Waals surface area contributed by atoms with Crippen LogP contribution in [0.25, 0.3) is 0 Å². The number of ether oxygens (including phenoxy) is 3. The lowest BCUT2D eigenvalue weighted by atomic mass is 10.1. The van der Waals surface area contributed by atoms with Crippen LogP contribution in [0.4, 0.5) is 0 Å². The van der Waals surface area contributed by atoms with Crippen molar-refractivity contribution in [2.24, 2.45) is 0 Å². The molecule has 0 saturated carbocycles. The molecule has 0 amide bonds. The molecule has 0 fully saturated rings. The third-order valence-corrected chi connectivity index (χ3v) is 5.78. The van der Waals surface area contributed by atoms with Crippen molar-refractivity contribution in [2.45, 2.75) is 84.0 Å². The molecule has 0 aromatic heterocycles. The third-order valence-electron chi connectivity index (χ3n) is 5.78. The number of benzene rings is 2. The summed E-state index contributed by atoms with van der Waals surface area (Å²) in [6.45, 7) is 6.13. The third kappa shape index (κ3) is 11.3. The van der Waals surface area contributed by atoms with Crippen LogP contribution in [0.15, 0.2) is 61.2 Å². The van der Waals surface area contributed by atoms with E-state index in [-0.39, 0.29) is 17.2 Å². The highest BCUT2D eigenvalue weighted by atomic mass is 16.6. The van der Waals surface area contributed by atoms with E-state index in [4.69, 9.17) is 14.2 Å². The summed E-state index contributed by atoms with van der Waals surface area (Å²) in [5.74, 6) is -0.450. The highest BCUT2D eigenvalue weighted by Gasteiger charge is 2.18. The minimum atomic E-state index is -0.605. The van der Waals surface area contributed by atoms with Gasteiger partial charge >= 0.3 is 11.9 Å². The molecule has 0 aliphatic rings. The number of hydrogen-bond donors (Lipinski definition) is 0. The quantitative estimate of drug-likeness (QED) is 0.0934. The van der Waals surface area contributed by atoms with E-state index in [0.29, 0.717) is 12.2 Å². The Labute approximate surface area is 210 Å². The van der Waals surface area contributed by atoms with E-state index < -0.39 is 11.9 Å². The van der Waals surface area contributed by atoms with Crippen molar-refractivity contribution in [3.8, 4) is 17.2 Å². The van der Waals surface area contributed by atoms with E-state index in [1.807, 2.05) is 6.07 Å². The van der Waals surface area contributed by atoms with Gasteiger partial charge in [0.25, 0.3) is 0 Å². The Hall–Kier alpha value is -3.08. The molecule has 2 aromatic rings. The minimum absolute atomic E-state index is 0.201. The molecule has 0 atom stereocenters. The molecule has 0 heterocycles. The Bertz CT molecular complexity index is 891. The first-order valence-electron chi connectivity index (χ1n) is 13.0. The van der Waals surface area contributed by atoms with Crippen molar-refractivity contribution in [3.63, 3.8) is 0 Å². The predicted octanol–water partition coefficient (Wildman–Crippen LogP) is 8.08. The maximum Gasteiger partial charge on any atom is 0.343 e. The first kappa shape index (κ1) is 28.2. The zero-order chi connectivity index (χ0) is 25.1. The molecule has 0 spiro atoms. The van der Waals surface area contributed by atoms with Gasteiger partial charge in [0.2, 0.25) is 5.75 Å². The fraction of sp³-hybridized carbons (Fsp3) is 0.467.